The molecule has 4 nitrogen and oxygen atoms in total. The van der Waals surface area contributed by atoms with Gasteiger partial charge < -0.3 is 9.32 Å². The van der Waals surface area contributed by atoms with Crippen LogP contribution in [0.1, 0.15) is 19.2 Å². The summed E-state index contributed by atoms with van der Waals surface area (Å²) >= 11 is 6.11. The Morgan fingerprint density at radius 2 is 2.15 bits per heavy atom. The normalized spacial score (nSPS) is 10.6. The predicted octanol–water partition coefficient (Wildman–Crippen LogP) is 3.41. The summed E-state index contributed by atoms with van der Waals surface area (Å²) in [5, 5.41) is 0.622. The molecule has 0 radical (unpaired) electrons. The van der Waals surface area contributed by atoms with Gasteiger partial charge in [0.1, 0.15) is 0 Å². The fourth-order valence-corrected chi connectivity index (χ4v) is 2.02. The molecule has 0 aliphatic rings. The average Bonchev–Trinajstić information content (AvgIpc) is 2.93. The fourth-order valence-electron chi connectivity index (χ4n) is 1.79. The number of rotatable bonds is 5. The maximum Gasteiger partial charge on any atom is 0.222 e. The van der Waals surface area contributed by atoms with Crippen molar-refractivity contribution in [2.24, 2.45) is 0 Å². The Balaban J connectivity index is 2.03. The van der Waals surface area contributed by atoms with Crippen LogP contribution in [0, 0.1) is 0 Å². The lowest BCUT2D eigenvalue weighted by atomic mass is 10.2. The van der Waals surface area contributed by atoms with Crippen LogP contribution in [-0.4, -0.2) is 29.4 Å². The summed E-state index contributed by atoms with van der Waals surface area (Å²) in [5.41, 5.74) is 0.810. The van der Waals surface area contributed by atoms with Crippen LogP contribution in [0.15, 0.2) is 34.9 Å². The fraction of sp³-hybridized carbons (Fsp3) is 0.333. The van der Waals surface area contributed by atoms with Gasteiger partial charge in [0.05, 0.1) is 11.2 Å². The second-order valence-electron chi connectivity index (χ2n) is 4.51. The second kappa shape index (κ2) is 6.57. The van der Waals surface area contributed by atoms with Crippen molar-refractivity contribution in [1.82, 2.24) is 9.88 Å². The lowest BCUT2D eigenvalue weighted by molar-refractivity contribution is -0.129. The minimum atomic E-state index is 0.0880. The minimum Gasteiger partial charge on any atom is -0.441 e. The molecule has 0 fully saturated rings. The third-order valence-corrected chi connectivity index (χ3v) is 3.48. The quantitative estimate of drug-likeness (QED) is 0.848. The average molecular weight is 293 g/mol. The molecule has 0 N–H and O–H groups in total. The molecular formula is C15H17ClN2O2. The lowest BCUT2D eigenvalue weighted by Gasteiger charge is -2.13. The molecule has 1 amide bonds. The van der Waals surface area contributed by atoms with Crippen LogP contribution in [0.3, 0.4) is 0 Å². The van der Waals surface area contributed by atoms with E-state index in [9.17, 15) is 4.79 Å². The Bertz CT molecular complexity index is 595. The molecule has 1 aromatic carbocycles. The van der Waals surface area contributed by atoms with Crippen LogP contribution in [-0.2, 0) is 11.2 Å². The standard InChI is InChI=1S/C15H17ClN2O2/c1-3-18(2)15(19)9-8-14-17-10-13(20-14)11-6-4-5-7-12(11)16/h4-7,10H,3,8-9H2,1-2H3. The molecule has 1 heterocycles. The van der Waals surface area contributed by atoms with Gasteiger partial charge in [0.15, 0.2) is 11.7 Å². The van der Waals surface area contributed by atoms with Crippen molar-refractivity contribution in [2.45, 2.75) is 19.8 Å². The van der Waals surface area contributed by atoms with Crippen molar-refractivity contribution in [3.63, 3.8) is 0 Å². The maximum absolute atomic E-state index is 11.7. The molecule has 0 aliphatic carbocycles. The number of benzene rings is 1. The highest BCUT2D eigenvalue weighted by Gasteiger charge is 2.12. The summed E-state index contributed by atoms with van der Waals surface area (Å²) < 4.78 is 5.65. The van der Waals surface area contributed by atoms with Gasteiger partial charge >= 0.3 is 0 Å². The summed E-state index contributed by atoms with van der Waals surface area (Å²) in [6.07, 6.45) is 2.53. The van der Waals surface area contributed by atoms with Gasteiger partial charge in [-0.2, -0.15) is 0 Å². The molecule has 0 saturated carbocycles. The summed E-state index contributed by atoms with van der Waals surface area (Å²) in [6, 6.07) is 7.44. The first-order chi connectivity index (χ1) is 9.61. The van der Waals surface area contributed by atoms with Crippen molar-refractivity contribution >= 4 is 17.5 Å². The molecule has 2 rings (SSSR count). The summed E-state index contributed by atoms with van der Waals surface area (Å²) in [6.45, 7) is 2.65. The molecule has 0 atom stereocenters. The van der Waals surface area contributed by atoms with Crippen molar-refractivity contribution in [1.29, 1.82) is 0 Å². The molecule has 1 aromatic heterocycles. The lowest BCUT2D eigenvalue weighted by Crippen LogP contribution is -2.26. The number of nitrogens with zero attached hydrogens (tertiary/aromatic N) is 2. The van der Waals surface area contributed by atoms with Crippen molar-refractivity contribution in [3.05, 3.63) is 41.4 Å². The van der Waals surface area contributed by atoms with Gasteiger partial charge in [-0.3, -0.25) is 4.79 Å². The van der Waals surface area contributed by atoms with E-state index in [0.717, 1.165) is 5.56 Å². The molecule has 0 unspecified atom stereocenters. The van der Waals surface area contributed by atoms with E-state index in [1.807, 2.05) is 25.1 Å². The number of aromatic nitrogens is 1. The zero-order chi connectivity index (χ0) is 14.5. The van der Waals surface area contributed by atoms with Crippen LogP contribution >= 0.6 is 11.6 Å². The second-order valence-corrected chi connectivity index (χ2v) is 4.91. The van der Waals surface area contributed by atoms with E-state index in [1.165, 1.54) is 0 Å². The Labute approximate surface area is 123 Å². The molecule has 0 saturated heterocycles. The SMILES string of the molecule is CCN(C)C(=O)CCc1ncc(-c2ccccc2Cl)o1. The third-order valence-electron chi connectivity index (χ3n) is 3.15. The van der Waals surface area contributed by atoms with E-state index in [0.29, 0.717) is 36.1 Å². The van der Waals surface area contributed by atoms with Crippen molar-refractivity contribution < 1.29 is 9.21 Å². The maximum atomic E-state index is 11.7. The van der Waals surface area contributed by atoms with E-state index in [-0.39, 0.29) is 5.91 Å². The van der Waals surface area contributed by atoms with Gasteiger partial charge in [0.2, 0.25) is 5.91 Å². The van der Waals surface area contributed by atoms with Gasteiger partial charge in [-0.05, 0) is 19.1 Å². The number of carbonyl (C=O) groups excluding carboxylic acids is 1. The Kier molecular flexibility index (Phi) is 4.79. The van der Waals surface area contributed by atoms with Crippen LogP contribution in [0.2, 0.25) is 5.02 Å². The van der Waals surface area contributed by atoms with E-state index in [1.54, 1.807) is 24.2 Å². The largest absolute Gasteiger partial charge is 0.441 e. The minimum absolute atomic E-state index is 0.0880. The number of hydrogen-bond donors (Lipinski definition) is 0. The Morgan fingerprint density at radius 3 is 2.85 bits per heavy atom. The van der Waals surface area contributed by atoms with E-state index >= 15 is 0 Å². The first kappa shape index (κ1) is 14.6. The molecule has 0 bridgehead atoms. The van der Waals surface area contributed by atoms with Crippen molar-refractivity contribution in [3.8, 4) is 11.3 Å². The number of hydrogen-bond acceptors (Lipinski definition) is 3. The predicted molar refractivity (Wildman–Crippen MR) is 78.6 cm³/mol. The monoisotopic (exact) mass is 292 g/mol. The van der Waals surface area contributed by atoms with Crippen LogP contribution in [0.25, 0.3) is 11.3 Å². The highest BCUT2D eigenvalue weighted by Crippen LogP contribution is 2.28. The van der Waals surface area contributed by atoms with E-state index in [4.69, 9.17) is 16.0 Å². The highest BCUT2D eigenvalue weighted by atomic mass is 35.5. The number of halogens is 1. The summed E-state index contributed by atoms with van der Waals surface area (Å²) in [4.78, 5) is 17.6. The molecule has 0 aliphatic heterocycles. The number of amides is 1. The van der Waals surface area contributed by atoms with Gasteiger partial charge in [0.25, 0.3) is 0 Å². The topological polar surface area (TPSA) is 46.3 Å². The van der Waals surface area contributed by atoms with E-state index in [2.05, 4.69) is 4.98 Å². The smallest absolute Gasteiger partial charge is 0.222 e. The Hall–Kier alpha value is -1.81. The zero-order valence-corrected chi connectivity index (χ0v) is 12.4. The van der Waals surface area contributed by atoms with Crippen LogP contribution in [0.5, 0.6) is 0 Å². The molecule has 5 heteroatoms. The number of aryl methyl sites for hydroxylation is 1. The van der Waals surface area contributed by atoms with Crippen LogP contribution in [0.4, 0.5) is 0 Å². The number of carbonyl (C=O) groups is 1. The highest BCUT2D eigenvalue weighted by molar-refractivity contribution is 6.33. The van der Waals surface area contributed by atoms with E-state index < -0.39 is 0 Å². The first-order valence-electron chi connectivity index (χ1n) is 6.55. The molecular weight excluding hydrogens is 276 g/mol. The molecule has 20 heavy (non-hydrogen) atoms. The Morgan fingerprint density at radius 1 is 1.40 bits per heavy atom. The zero-order valence-electron chi connectivity index (χ0n) is 11.6. The van der Waals surface area contributed by atoms with Gasteiger partial charge in [0, 0.05) is 32.0 Å². The van der Waals surface area contributed by atoms with Gasteiger partial charge in [-0.1, -0.05) is 23.7 Å². The molecule has 2 aromatic rings. The molecule has 0 spiro atoms. The van der Waals surface area contributed by atoms with Gasteiger partial charge in [-0.15, -0.1) is 0 Å². The summed E-state index contributed by atoms with van der Waals surface area (Å²) in [7, 11) is 1.78. The first-order valence-corrected chi connectivity index (χ1v) is 6.93. The van der Waals surface area contributed by atoms with Crippen molar-refractivity contribution in [2.75, 3.05) is 13.6 Å². The molecule has 106 valence electrons. The number of oxazole rings is 1. The third kappa shape index (κ3) is 3.39. The van der Waals surface area contributed by atoms with Gasteiger partial charge in [-0.25, -0.2) is 4.98 Å². The summed E-state index contributed by atoms with van der Waals surface area (Å²) in [5.74, 6) is 1.27. The van der Waals surface area contributed by atoms with Crippen LogP contribution < -0.4 is 0 Å².